The summed E-state index contributed by atoms with van der Waals surface area (Å²) in [5.41, 5.74) is 0. The van der Waals surface area contributed by atoms with Crippen LogP contribution in [-0.2, 0) is 4.79 Å². The third-order valence-corrected chi connectivity index (χ3v) is 13.3. The predicted octanol–water partition coefficient (Wildman–Crippen LogP) is 19.0. The fourth-order valence-electron chi connectivity index (χ4n) is 8.89. The second-order valence-electron chi connectivity index (χ2n) is 19.7. The Hall–Kier alpha value is -1.65. The Balaban J connectivity index is 3.50. The summed E-state index contributed by atoms with van der Waals surface area (Å²) in [6, 6.07) is -0.627. The summed E-state index contributed by atoms with van der Waals surface area (Å²) in [6.07, 6.45) is 77.0. The van der Waals surface area contributed by atoms with Crippen molar-refractivity contribution in [2.45, 2.75) is 321 Å². The zero-order valence-electron chi connectivity index (χ0n) is 43.3. The van der Waals surface area contributed by atoms with E-state index in [2.05, 4.69) is 55.6 Å². The van der Waals surface area contributed by atoms with Crippen molar-refractivity contribution < 1.29 is 15.0 Å². The smallest absolute Gasteiger partial charge is 0.220 e. The van der Waals surface area contributed by atoms with Crippen LogP contribution in [0.4, 0.5) is 0 Å². The maximum atomic E-state index is 12.5. The normalized spacial score (nSPS) is 13.1. The second-order valence-corrected chi connectivity index (χ2v) is 19.7. The third kappa shape index (κ3) is 51.3. The van der Waals surface area contributed by atoms with E-state index in [9.17, 15) is 15.0 Å². The fraction of sp³-hybridized carbons (Fsp3) is 0.850. The largest absolute Gasteiger partial charge is 0.394 e. The number of unbranched alkanes of at least 4 members (excludes halogenated alkanes) is 40. The molecule has 3 N–H and O–H groups in total. The van der Waals surface area contributed by atoms with Crippen LogP contribution in [0.2, 0.25) is 0 Å². The molecular formula is C60H113NO3. The minimum absolute atomic E-state index is 0.0652. The lowest BCUT2D eigenvalue weighted by Crippen LogP contribution is -2.45. The van der Waals surface area contributed by atoms with Gasteiger partial charge in [-0.1, -0.05) is 294 Å². The van der Waals surface area contributed by atoms with Crippen LogP contribution in [-0.4, -0.2) is 34.9 Å². The fourth-order valence-corrected chi connectivity index (χ4v) is 8.89. The topological polar surface area (TPSA) is 69.6 Å². The molecule has 2 atom stereocenters. The zero-order valence-corrected chi connectivity index (χ0v) is 43.3. The Morgan fingerprint density at radius 3 is 0.953 bits per heavy atom. The van der Waals surface area contributed by atoms with Crippen LogP contribution in [0.15, 0.2) is 48.6 Å². The molecule has 0 heterocycles. The molecule has 0 aliphatic heterocycles. The number of carbonyl (C=O) groups excluding carboxylic acids is 1. The van der Waals surface area contributed by atoms with Gasteiger partial charge >= 0.3 is 0 Å². The number of carbonyl (C=O) groups is 1. The van der Waals surface area contributed by atoms with Crippen molar-refractivity contribution in [1.82, 2.24) is 5.32 Å². The molecule has 0 aromatic carbocycles. The Morgan fingerprint density at radius 2 is 0.641 bits per heavy atom. The van der Waals surface area contributed by atoms with Gasteiger partial charge in [-0.15, -0.1) is 0 Å². The van der Waals surface area contributed by atoms with Gasteiger partial charge < -0.3 is 15.5 Å². The highest BCUT2D eigenvalue weighted by atomic mass is 16.3. The molecule has 4 nitrogen and oxygen atoms in total. The van der Waals surface area contributed by atoms with Crippen molar-refractivity contribution in [2.24, 2.45) is 0 Å². The van der Waals surface area contributed by atoms with E-state index < -0.39 is 12.1 Å². The van der Waals surface area contributed by atoms with Crippen LogP contribution < -0.4 is 5.32 Å². The van der Waals surface area contributed by atoms with E-state index in [1.165, 1.54) is 250 Å². The van der Waals surface area contributed by atoms with Gasteiger partial charge in [0.25, 0.3) is 0 Å². The highest BCUT2D eigenvalue weighted by Crippen LogP contribution is 2.17. The number of aliphatic hydroxyl groups is 2. The molecular weight excluding hydrogens is 783 g/mol. The molecule has 0 bridgehead atoms. The lowest BCUT2D eigenvalue weighted by atomic mass is 10.0. The van der Waals surface area contributed by atoms with Crippen LogP contribution in [0, 0.1) is 0 Å². The summed E-state index contributed by atoms with van der Waals surface area (Å²) >= 11 is 0. The summed E-state index contributed by atoms with van der Waals surface area (Å²) in [5, 5.41) is 23.2. The van der Waals surface area contributed by atoms with Crippen molar-refractivity contribution in [1.29, 1.82) is 0 Å². The molecule has 1 amide bonds. The Labute approximate surface area is 401 Å². The summed E-state index contributed by atoms with van der Waals surface area (Å²) in [7, 11) is 0. The number of hydrogen-bond acceptors (Lipinski definition) is 3. The van der Waals surface area contributed by atoms with Crippen LogP contribution in [0.5, 0.6) is 0 Å². The first-order chi connectivity index (χ1) is 31.7. The first kappa shape index (κ1) is 62.4. The SMILES string of the molecule is CCCCCCC/C=C\C/C=C\C/C=C\CCCCCCCCCCCCC(=O)NC(CO)C(O)/C=C/CCCCCCCCCCCCCCCCCCCCCCCCCCC. The van der Waals surface area contributed by atoms with Crippen molar-refractivity contribution >= 4 is 5.91 Å². The molecule has 2 unspecified atom stereocenters. The molecule has 0 spiro atoms. The summed E-state index contributed by atoms with van der Waals surface area (Å²) in [5.74, 6) is -0.0652. The number of nitrogens with one attached hydrogen (secondary N) is 1. The van der Waals surface area contributed by atoms with Crippen molar-refractivity contribution in [3.8, 4) is 0 Å². The van der Waals surface area contributed by atoms with E-state index in [0.717, 1.165) is 38.5 Å². The van der Waals surface area contributed by atoms with Crippen LogP contribution >= 0.6 is 0 Å². The van der Waals surface area contributed by atoms with E-state index in [0.29, 0.717) is 6.42 Å². The molecule has 64 heavy (non-hydrogen) atoms. The minimum Gasteiger partial charge on any atom is -0.394 e. The van der Waals surface area contributed by atoms with Gasteiger partial charge in [0.15, 0.2) is 0 Å². The molecule has 0 aliphatic rings. The van der Waals surface area contributed by atoms with Gasteiger partial charge in [0.2, 0.25) is 5.91 Å². The number of amides is 1. The van der Waals surface area contributed by atoms with E-state index >= 15 is 0 Å². The molecule has 0 aromatic rings. The Morgan fingerprint density at radius 1 is 0.375 bits per heavy atom. The van der Waals surface area contributed by atoms with E-state index in [-0.39, 0.29) is 12.5 Å². The van der Waals surface area contributed by atoms with Gasteiger partial charge in [-0.05, 0) is 57.8 Å². The molecule has 0 aliphatic carbocycles. The molecule has 0 aromatic heterocycles. The Kier molecular flexibility index (Phi) is 54.2. The molecule has 4 heteroatoms. The van der Waals surface area contributed by atoms with E-state index in [1.54, 1.807) is 6.08 Å². The molecule has 0 saturated heterocycles. The quantitative estimate of drug-likeness (QED) is 0.0421. The molecule has 0 saturated carbocycles. The molecule has 0 fully saturated rings. The monoisotopic (exact) mass is 896 g/mol. The lowest BCUT2D eigenvalue weighted by molar-refractivity contribution is -0.123. The van der Waals surface area contributed by atoms with Crippen molar-refractivity contribution in [2.75, 3.05) is 6.61 Å². The maximum Gasteiger partial charge on any atom is 0.220 e. The average Bonchev–Trinajstić information content (AvgIpc) is 3.30. The average molecular weight is 897 g/mol. The van der Waals surface area contributed by atoms with Crippen molar-refractivity contribution in [3.05, 3.63) is 48.6 Å². The number of aliphatic hydroxyl groups excluding tert-OH is 2. The first-order valence-electron chi connectivity index (χ1n) is 28.9. The highest BCUT2D eigenvalue weighted by molar-refractivity contribution is 5.76. The van der Waals surface area contributed by atoms with Gasteiger partial charge in [-0.3, -0.25) is 4.79 Å². The first-order valence-corrected chi connectivity index (χ1v) is 28.9. The number of rotatable bonds is 53. The third-order valence-electron chi connectivity index (χ3n) is 13.3. The lowest BCUT2D eigenvalue weighted by Gasteiger charge is -2.20. The van der Waals surface area contributed by atoms with Gasteiger partial charge in [-0.2, -0.15) is 0 Å². The standard InChI is InChI=1S/C60H113NO3/c1-3-5-7-9-11-13-15-17-19-21-23-25-27-29-30-32-33-35-37-39-41-43-45-47-49-51-53-55-59(63)58(57-62)61-60(64)56-54-52-50-48-46-44-42-40-38-36-34-31-28-26-24-22-20-18-16-14-12-10-8-6-4-2/h16,18,22,24,28,31,53,55,58-59,62-63H,3-15,17,19-21,23,25-27,29-30,32-52,54,56-57H2,1-2H3,(H,61,64)/b18-16-,24-22-,31-28-,55-53+. The highest BCUT2D eigenvalue weighted by Gasteiger charge is 2.18. The van der Waals surface area contributed by atoms with Gasteiger partial charge in [0.05, 0.1) is 18.8 Å². The molecule has 376 valence electrons. The number of hydrogen-bond donors (Lipinski definition) is 3. The molecule has 0 radical (unpaired) electrons. The van der Waals surface area contributed by atoms with E-state index in [1.807, 2.05) is 6.08 Å². The number of allylic oxidation sites excluding steroid dienone is 7. The summed E-state index contributed by atoms with van der Waals surface area (Å²) in [6.45, 7) is 4.32. The van der Waals surface area contributed by atoms with Crippen LogP contribution in [0.25, 0.3) is 0 Å². The zero-order chi connectivity index (χ0) is 46.3. The van der Waals surface area contributed by atoms with Gasteiger partial charge in [0.1, 0.15) is 0 Å². The second kappa shape index (κ2) is 55.7. The van der Waals surface area contributed by atoms with Gasteiger partial charge in [0, 0.05) is 6.42 Å². The van der Waals surface area contributed by atoms with Gasteiger partial charge in [-0.25, -0.2) is 0 Å². The van der Waals surface area contributed by atoms with Crippen LogP contribution in [0.3, 0.4) is 0 Å². The van der Waals surface area contributed by atoms with Crippen molar-refractivity contribution in [3.63, 3.8) is 0 Å². The summed E-state index contributed by atoms with van der Waals surface area (Å²) < 4.78 is 0. The minimum atomic E-state index is -0.843. The van der Waals surface area contributed by atoms with E-state index in [4.69, 9.17) is 0 Å². The predicted molar refractivity (Wildman–Crippen MR) is 285 cm³/mol. The van der Waals surface area contributed by atoms with Crippen LogP contribution in [0.1, 0.15) is 309 Å². The Bertz CT molecular complexity index is 1020. The maximum absolute atomic E-state index is 12.5. The molecule has 0 rings (SSSR count). The summed E-state index contributed by atoms with van der Waals surface area (Å²) in [4.78, 5) is 12.5.